The lowest BCUT2D eigenvalue weighted by molar-refractivity contribution is 0.0165. The zero-order chi connectivity index (χ0) is 13.7. The van der Waals surface area contributed by atoms with Crippen LogP contribution in [0.15, 0.2) is 0 Å². The fourth-order valence-electron chi connectivity index (χ4n) is 2.28. The maximum atomic E-state index is 10.4. The second-order valence-corrected chi connectivity index (χ2v) is 4.87. The van der Waals surface area contributed by atoms with Crippen LogP contribution in [-0.2, 0) is 0 Å². The van der Waals surface area contributed by atoms with E-state index >= 15 is 0 Å². The lowest BCUT2D eigenvalue weighted by atomic mass is 9.85. The molecular formula is C12H21N5O2. The van der Waals surface area contributed by atoms with Crippen molar-refractivity contribution in [2.24, 2.45) is 0 Å². The first-order valence-corrected chi connectivity index (χ1v) is 6.72. The Kier molecular flexibility index (Phi) is 4.36. The molecule has 106 valence electrons. The molecule has 0 saturated heterocycles. The average molecular weight is 267 g/mol. The SMILES string of the molecule is CCOc1nc(N)nc(NCC2(O)CCCCC2)n1. The van der Waals surface area contributed by atoms with Gasteiger partial charge in [0.15, 0.2) is 0 Å². The molecule has 1 aromatic rings. The van der Waals surface area contributed by atoms with E-state index in [0.29, 0.717) is 19.1 Å². The van der Waals surface area contributed by atoms with Gasteiger partial charge in [-0.05, 0) is 19.8 Å². The van der Waals surface area contributed by atoms with E-state index < -0.39 is 5.60 Å². The van der Waals surface area contributed by atoms with E-state index in [9.17, 15) is 5.11 Å². The van der Waals surface area contributed by atoms with Gasteiger partial charge in [0, 0.05) is 6.54 Å². The van der Waals surface area contributed by atoms with E-state index in [1.807, 2.05) is 6.92 Å². The summed E-state index contributed by atoms with van der Waals surface area (Å²) in [6, 6.07) is 0.202. The first kappa shape index (κ1) is 13.8. The van der Waals surface area contributed by atoms with Crippen molar-refractivity contribution < 1.29 is 9.84 Å². The molecule has 7 nitrogen and oxygen atoms in total. The van der Waals surface area contributed by atoms with Crippen molar-refractivity contribution in [3.05, 3.63) is 0 Å². The number of rotatable bonds is 5. The molecule has 4 N–H and O–H groups in total. The van der Waals surface area contributed by atoms with Gasteiger partial charge < -0.3 is 20.9 Å². The minimum atomic E-state index is -0.675. The Morgan fingerprint density at radius 1 is 1.26 bits per heavy atom. The van der Waals surface area contributed by atoms with Crippen molar-refractivity contribution in [1.82, 2.24) is 15.0 Å². The Hall–Kier alpha value is -1.63. The molecule has 7 heteroatoms. The molecule has 0 unspecified atom stereocenters. The van der Waals surface area contributed by atoms with Gasteiger partial charge >= 0.3 is 6.01 Å². The number of ether oxygens (including phenoxy) is 1. The fraction of sp³-hybridized carbons (Fsp3) is 0.750. The third kappa shape index (κ3) is 3.92. The third-order valence-electron chi connectivity index (χ3n) is 3.27. The van der Waals surface area contributed by atoms with E-state index in [0.717, 1.165) is 25.7 Å². The molecule has 0 radical (unpaired) electrons. The van der Waals surface area contributed by atoms with Crippen LogP contribution in [0.4, 0.5) is 11.9 Å². The van der Waals surface area contributed by atoms with Crippen LogP contribution < -0.4 is 15.8 Å². The highest BCUT2D eigenvalue weighted by Crippen LogP contribution is 2.28. The predicted octanol–water partition coefficient (Wildman–Crippen LogP) is 0.960. The molecule has 0 amide bonds. The number of aliphatic hydroxyl groups is 1. The summed E-state index contributed by atoms with van der Waals surface area (Å²) in [7, 11) is 0. The van der Waals surface area contributed by atoms with Crippen molar-refractivity contribution >= 4 is 11.9 Å². The minimum Gasteiger partial charge on any atom is -0.464 e. The Morgan fingerprint density at radius 2 is 2.00 bits per heavy atom. The molecule has 0 atom stereocenters. The number of hydrogen-bond acceptors (Lipinski definition) is 7. The predicted molar refractivity (Wildman–Crippen MR) is 71.9 cm³/mol. The summed E-state index contributed by atoms with van der Waals surface area (Å²) >= 11 is 0. The lowest BCUT2D eigenvalue weighted by Crippen LogP contribution is -2.39. The van der Waals surface area contributed by atoms with E-state index in [1.54, 1.807) is 0 Å². The van der Waals surface area contributed by atoms with Gasteiger partial charge in [0.2, 0.25) is 11.9 Å². The van der Waals surface area contributed by atoms with Gasteiger partial charge in [0.05, 0.1) is 12.2 Å². The highest BCUT2D eigenvalue weighted by molar-refractivity contribution is 5.33. The number of nitrogens with one attached hydrogen (secondary N) is 1. The fourth-order valence-corrected chi connectivity index (χ4v) is 2.28. The number of anilines is 2. The van der Waals surface area contributed by atoms with Crippen LogP contribution in [-0.4, -0.2) is 38.8 Å². The first-order valence-electron chi connectivity index (χ1n) is 6.72. The second-order valence-electron chi connectivity index (χ2n) is 4.87. The largest absolute Gasteiger partial charge is 0.464 e. The molecule has 2 rings (SSSR count). The Balaban J connectivity index is 1.98. The van der Waals surface area contributed by atoms with Crippen molar-refractivity contribution in [3.8, 4) is 6.01 Å². The Bertz CT molecular complexity index is 421. The zero-order valence-electron chi connectivity index (χ0n) is 11.2. The summed E-state index contributed by atoms with van der Waals surface area (Å²) in [6.07, 6.45) is 4.91. The van der Waals surface area contributed by atoms with Crippen LogP contribution in [0.2, 0.25) is 0 Å². The van der Waals surface area contributed by atoms with Crippen molar-refractivity contribution in [1.29, 1.82) is 0 Å². The van der Waals surface area contributed by atoms with Crippen molar-refractivity contribution in [3.63, 3.8) is 0 Å². The topological polar surface area (TPSA) is 106 Å². The molecular weight excluding hydrogens is 246 g/mol. The Morgan fingerprint density at radius 3 is 2.68 bits per heavy atom. The number of nitrogen functional groups attached to an aromatic ring is 1. The van der Waals surface area contributed by atoms with E-state index in [4.69, 9.17) is 10.5 Å². The summed E-state index contributed by atoms with van der Waals surface area (Å²) < 4.78 is 5.20. The zero-order valence-corrected chi connectivity index (χ0v) is 11.2. The third-order valence-corrected chi connectivity index (χ3v) is 3.27. The summed E-state index contributed by atoms with van der Waals surface area (Å²) in [5.41, 5.74) is 4.91. The molecule has 0 aliphatic heterocycles. The average Bonchev–Trinajstić information content (AvgIpc) is 2.37. The molecule has 1 saturated carbocycles. The number of nitrogens with two attached hydrogens (primary N) is 1. The van der Waals surface area contributed by atoms with E-state index in [-0.39, 0.29) is 12.0 Å². The van der Waals surface area contributed by atoms with E-state index in [1.165, 1.54) is 6.42 Å². The van der Waals surface area contributed by atoms with Gasteiger partial charge in [-0.1, -0.05) is 19.3 Å². The van der Waals surface area contributed by atoms with Gasteiger partial charge in [-0.2, -0.15) is 15.0 Å². The van der Waals surface area contributed by atoms with Gasteiger partial charge in [0.1, 0.15) is 0 Å². The molecule has 0 aromatic carbocycles. The first-order chi connectivity index (χ1) is 9.11. The normalized spacial score (nSPS) is 18.0. The van der Waals surface area contributed by atoms with Crippen LogP contribution >= 0.6 is 0 Å². The lowest BCUT2D eigenvalue weighted by Gasteiger charge is -2.32. The smallest absolute Gasteiger partial charge is 0.323 e. The van der Waals surface area contributed by atoms with E-state index in [2.05, 4.69) is 20.3 Å². The highest BCUT2D eigenvalue weighted by atomic mass is 16.5. The van der Waals surface area contributed by atoms with Crippen LogP contribution in [0.5, 0.6) is 6.01 Å². The van der Waals surface area contributed by atoms with Crippen LogP contribution in [0, 0.1) is 0 Å². The molecule has 1 aliphatic rings. The monoisotopic (exact) mass is 267 g/mol. The van der Waals surface area contributed by atoms with Crippen LogP contribution in [0.25, 0.3) is 0 Å². The molecule has 1 heterocycles. The molecule has 19 heavy (non-hydrogen) atoms. The van der Waals surface area contributed by atoms with Crippen molar-refractivity contribution in [2.45, 2.75) is 44.6 Å². The molecule has 1 fully saturated rings. The molecule has 1 aromatic heterocycles. The van der Waals surface area contributed by atoms with Crippen molar-refractivity contribution in [2.75, 3.05) is 24.2 Å². The van der Waals surface area contributed by atoms with Gasteiger partial charge in [-0.25, -0.2) is 0 Å². The summed E-state index contributed by atoms with van der Waals surface area (Å²) in [5, 5.41) is 13.4. The van der Waals surface area contributed by atoms with Crippen LogP contribution in [0.1, 0.15) is 39.0 Å². The van der Waals surface area contributed by atoms with Crippen LogP contribution in [0.3, 0.4) is 0 Å². The second kappa shape index (κ2) is 6.01. The summed E-state index contributed by atoms with van der Waals surface area (Å²) in [6.45, 7) is 2.73. The van der Waals surface area contributed by atoms with Gasteiger partial charge in [0.25, 0.3) is 0 Å². The molecule has 0 bridgehead atoms. The van der Waals surface area contributed by atoms with Gasteiger partial charge in [-0.15, -0.1) is 0 Å². The maximum absolute atomic E-state index is 10.4. The molecule has 1 aliphatic carbocycles. The summed E-state index contributed by atoms with van der Waals surface area (Å²) in [4.78, 5) is 11.9. The summed E-state index contributed by atoms with van der Waals surface area (Å²) in [5.74, 6) is 0.450. The quantitative estimate of drug-likeness (QED) is 0.729. The number of nitrogens with zero attached hydrogens (tertiary/aromatic N) is 3. The number of aromatic nitrogens is 3. The van der Waals surface area contributed by atoms with Gasteiger partial charge in [-0.3, -0.25) is 0 Å². The Labute approximate surface area is 112 Å². The molecule has 0 spiro atoms. The standard InChI is InChI=1S/C12H21N5O2/c1-2-19-11-16-9(13)15-10(17-11)14-8-12(18)6-4-3-5-7-12/h18H,2-8H2,1H3,(H3,13,14,15,16,17). The minimum absolute atomic E-state index is 0.108. The number of hydrogen-bond donors (Lipinski definition) is 3. The highest BCUT2D eigenvalue weighted by Gasteiger charge is 2.29. The maximum Gasteiger partial charge on any atom is 0.323 e.